The summed E-state index contributed by atoms with van der Waals surface area (Å²) in [5.74, 6) is 0.861. The average molecular weight is 368 g/mol. The van der Waals surface area contributed by atoms with Gasteiger partial charge < -0.3 is 9.32 Å². The van der Waals surface area contributed by atoms with Gasteiger partial charge in [0.05, 0.1) is 17.1 Å². The van der Waals surface area contributed by atoms with Gasteiger partial charge in [-0.2, -0.15) is 0 Å². The van der Waals surface area contributed by atoms with Crippen LogP contribution in [0.25, 0.3) is 0 Å². The number of carbonyl (C=O) groups excluding carboxylic acids is 1. The van der Waals surface area contributed by atoms with E-state index in [4.69, 9.17) is 4.42 Å². The lowest BCUT2D eigenvalue weighted by molar-refractivity contribution is -0.131. The van der Waals surface area contributed by atoms with Gasteiger partial charge in [-0.1, -0.05) is 0 Å². The molecule has 0 aliphatic rings. The summed E-state index contributed by atoms with van der Waals surface area (Å²) < 4.78 is 6.95. The lowest BCUT2D eigenvalue weighted by atomic mass is 10.3. The Labute approximate surface area is 118 Å². The number of hydrogen-bond donors (Lipinski definition) is 1. The fourth-order valence-electron chi connectivity index (χ4n) is 1.31. The molecule has 0 aromatic carbocycles. The molecule has 17 heavy (non-hydrogen) atoms. The first-order chi connectivity index (χ1) is 7.95. The number of hydrogen-bond acceptors (Lipinski definition) is 3. The summed E-state index contributed by atoms with van der Waals surface area (Å²) in [6, 6.07) is 1.65. The number of halogens is 2. The SMILES string of the molecule is CCN(C)C(=O)C(C)NCc1cc(Br)c(Br)o1. The number of amides is 1. The Kier molecular flexibility index (Phi) is 5.69. The number of carbonyl (C=O) groups is 1. The van der Waals surface area contributed by atoms with Gasteiger partial charge >= 0.3 is 0 Å². The summed E-state index contributed by atoms with van der Waals surface area (Å²) >= 11 is 6.61. The number of furan rings is 1. The van der Waals surface area contributed by atoms with Crippen LogP contribution < -0.4 is 5.32 Å². The molecule has 1 rings (SSSR count). The van der Waals surface area contributed by atoms with E-state index in [1.807, 2.05) is 19.9 Å². The third-order valence-electron chi connectivity index (χ3n) is 2.50. The van der Waals surface area contributed by atoms with Gasteiger partial charge in [-0.3, -0.25) is 10.1 Å². The molecule has 0 bridgehead atoms. The van der Waals surface area contributed by atoms with Gasteiger partial charge in [0, 0.05) is 13.6 Å². The summed E-state index contributed by atoms with van der Waals surface area (Å²) in [4.78, 5) is 13.5. The highest BCUT2D eigenvalue weighted by atomic mass is 79.9. The highest BCUT2D eigenvalue weighted by Gasteiger charge is 2.16. The van der Waals surface area contributed by atoms with Gasteiger partial charge in [-0.25, -0.2) is 0 Å². The highest BCUT2D eigenvalue weighted by Crippen LogP contribution is 2.26. The van der Waals surface area contributed by atoms with Crippen molar-refractivity contribution in [1.82, 2.24) is 10.2 Å². The Hall–Kier alpha value is -0.330. The van der Waals surface area contributed by atoms with Gasteiger partial charge in [0.1, 0.15) is 5.76 Å². The smallest absolute Gasteiger partial charge is 0.239 e. The van der Waals surface area contributed by atoms with E-state index in [2.05, 4.69) is 37.2 Å². The van der Waals surface area contributed by atoms with Crippen molar-refractivity contribution < 1.29 is 9.21 Å². The largest absolute Gasteiger partial charge is 0.452 e. The van der Waals surface area contributed by atoms with Crippen LogP contribution in [0.4, 0.5) is 0 Å². The van der Waals surface area contributed by atoms with E-state index in [1.165, 1.54) is 0 Å². The van der Waals surface area contributed by atoms with Crippen molar-refractivity contribution in [3.63, 3.8) is 0 Å². The first-order valence-electron chi connectivity index (χ1n) is 5.37. The number of rotatable bonds is 5. The normalized spacial score (nSPS) is 12.5. The Morgan fingerprint density at radius 1 is 1.59 bits per heavy atom. The first kappa shape index (κ1) is 14.7. The van der Waals surface area contributed by atoms with Crippen LogP contribution in [0.15, 0.2) is 19.6 Å². The predicted molar refractivity (Wildman–Crippen MR) is 73.7 cm³/mol. The molecule has 0 fully saturated rings. The maximum absolute atomic E-state index is 11.8. The Bertz CT molecular complexity index is 373. The molecular formula is C11H16Br2N2O2. The molecule has 1 aromatic heterocycles. The van der Waals surface area contributed by atoms with Crippen LogP contribution in [-0.2, 0) is 11.3 Å². The monoisotopic (exact) mass is 366 g/mol. The molecule has 0 spiro atoms. The molecule has 0 radical (unpaired) electrons. The van der Waals surface area contributed by atoms with Gasteiger partial charge in [0.25, 0.3) is 0 Å². The van der Waals surface area contributed by atoms with Crippen molar-refractivity contribution in [3.8, 4) is 0 Å². The van der Waals surface area contributed by atoms with Crippen LogP contribution in [0, 0.1) is 0 Å². The van der Waals surface area contributed by atoms with Crippen molar-refractivity contribution in [1.29, 1.82) is 0 Å². The van der Waals surface area contributed by atoms with Gasteiger partial charge in [-0.15, -0.1) is 0 Å². The van der Waals surface area contributed by atoms with E-state index in [0.717, 1.165) is 10.2 Å². The molecule has 1 aromatic rings. The predicted octanol–water partition coefficient (Wildman–Crippen LogP) is 2.76. The van der Waals surface area contributed by atoms with Gasteiger partial charge in [-0.05, 0) is 51.8 Å². The van der Waals surface area contributed by atoms with Gasteiger partial charge in [0.2, 0.25) is 5.91 Å². The molecule has 0 saturated heterocycles. The zero-order valence-corrected chi connectivity index (χ0v) is 13.3. The quantitative estimate of drug-likeness (QED) is 0.870. The fraction of sp³-hybridized carbons (Fsp3) is 0.545. The second-order valence-electron chi connectivity index (χ2n) is 3.79. The Morgan fingerprint density at radius 3 is 2.71 bits per heavy atom. The number of nitrogens with one attached hydrogen (secondary N) is 1. The Balaban J connectivity index is 2.48. The minimum absolute atomic E-state index is 0.0807. The maximum Gasteiger partial charge on any atom is 0.239 e. The lowest BCUT2D eigenvalue weighted by Gasteiger charge is -2.20. The molecule has 1 amide bonds. The zero-order valence-electron chi connectivity index (χ0n) is 10.1. The summed E-state index contributed by atoms with van der Waals surface area (Å²) in [5.41, 5.74) is 0. The minimum atomic E-state index is -0.220. The standard InChI is InChI=1S/C11H16Br2N2O2/c1-4-15(3)11(16)7(2)14-6-8-5-9(12)10(13)17-8/h5,7,14H,4,6H2,1-3H3. The molecule has 0 aliphatic heterocycles. The second-order valence-corrected chi connectivity index (χ2v) is 5.36. The molecule has 1 atom stereocenters. The summed E-state index contributed by atoms with van der Waals surface area (Å²) in [7, 11) is 1.79. The summed E-state index contributed by atoms with van der Waals surface area (Å²) in [5, 5.41) is 3.13. The number of nitrogens with zero attached hydrogens (tertiary/aromatic N) is 1. The molecule has 6 heteroatoms. The summed E-state index contributed by atoms with van der Waals surface area (Å²) in [6.07, 6.45) is 0. The molecule has 4 nitrogen and oxygen atoms in total. The van der Waals surface area contributed by atoms with Crippen molar-refractivity contribution in [2.45, 2.75) is 26.4 Å². The molecule has 1 unspecified atom stereocenters. The number of likely N-dealkylation sites (N-methyl/N-ethyl adjacent to an activating group) is 1. The topological polar surface area (TPSA) is 45.5 Å². The molecule has 1 heterocycles. The van der Waals surface area contributed by atoms with Crippen molar-refractivity contribution in [2.75, 3.05) is 13.6 Å². The van der Waals surface area contributed by atoms with Gasteiger partial charge in [0.15, 0.2) is 4.67 Å². The second kappa shape index (κ2) is 6.56. The van der Waals surface area contributed by atoms with Crippen LogP contribution in [0.2, 0.25) is 0 Å². The van der Waals surface area contributed by atoms with Crippen molar-refractivity contribution in [3.05, 3.63) is 21.0 Å². The third kappa shape index (κ3) is 4.12. The van der Waals surface area contributed by atoms with E-state index in [1.54, 1.807) is 11.9 Å². The van der Waals surface area contributed by atoms with Crippen molar-refractivity contribution in [2.24, 2.45) is 0 Å². The van der Waals surface area contributed by atoms with Crippen LogP contribution in [0.1, 0.15) is 19.6 Å². The maximum atomic E-state index is 11.8. The van der Waals surface area contributed by atoms with Crippen molar-refractivity contribution >= 4 is 37.8 Å². The average Bonchev–Trinajstić information content (AvgIpc) is 2.63. The zero-order chi connectivity index (χ0) is 13.0. The fourth-order valence-corrected chi connectivity index (χ4v) is 1.96. The van der Waals surface area contributed by atoms with Crippen LogP contribution in [0.3, 0.4) is 0 Å². The van der Waals surface area contributed by atoms with Crippen LogP contribution in [0.5, 0.6) is 0 Å². The summed E-state index contributed by atoms with van der Waals surface area (Å²) in [6.45, 7) is 5.03. The first-order valence-corrected chi connectivity index (χ1v) is 6.96. The van der Waals surface area contributed by atoms with E-state index < -0.39 is 0 Å². The minimum Gasteiger partial charge on any atom is -0.452 e. The third-order valence-corrected chi connectivity index (χ3v) is 4.21. The van der Waals surface area contributed by atoms with E-state index in [0.29, 0.717) is 17.8 Å². The molecule has 96 valence electrons. The Morgan fingerprint density at radius 2 is 2.24 bits per heavy atom. The molecule has 0 saturated carbocycles. The van der Waals surface area contributed by atoms with Crippen LogP contribution >= 0.6 is 31.9 Å². The van der Waals surface area contributed by atoms with E-state index in [9.17, 15) is 4.79 Å². The highest BCUT2D eigenvalue weighted by molar-refractivity contribution is 9.13. The van der Waals surface area contributed by atoms with Crippen LogP contribution in [-0.4, -0.2) is 30.4 Å². The van der Waals surface area contributed by atoms with E-state index >= 15 is 0 Å². The molecular weight excluding hydrogens is 352 g/mol. The van der Waals surface area contributed by atoms with E-state index in [-0.39, 0.29) is 11.9 Å². The molecule has 1 N–H and O–H groups in total. The lowest BCUT2D eigenvalue weighted by Crippen LogP contribution is -2.42. The molecule has 0 aliphatic carbocycles.